The summed E-state index contributed by atoms with van der Waals surface area (Å²) in [6.45, 7) is 3.81. The zero-order chi connectivity index (χ0) is 25.2. The number of anilines is 2. The number of benzene rings is 2. The molecule has 2 aromatic carbocycles. The fraction of sp³-hybridized carbons (Fsp3) is 0.345. The Labute approximate surface area is 222 Å². The number of allylic oxidation sites excluding steroid dienone is 1. The third-order valence-electron chi connectivity index (χ3n) is 7.42. The van der Waals surface area contributed by atoms with Crippen molar-refractivity contribution in [2.45, 2.75) is 32.3 Å². The van der Waals surface area contributed by atoms with E-state index in [0.717, 1.165) is 54.9 Å². The molecule has 3 heterocycles. The maximum absolute atomic E-state index is 12.6. The molecule has 0 bridgehead atoms. The number of amides is 1. The van der Waals surface area contributed by atoms with E-state index < -0.39 is 0 Å². The third-order valence-corrected chi connectivity index (χ3v) is 7.59. The highest BCUT2D eigenvalue weighted by Crippen LogP contribution is 2.37. The first kappa shape index (κ1) is 23.8. The van der Waals surface area contributed by atoms with Crippen molar-refractivity contribution in [1.29, 1.82) is 0 Å². The number of halogens is 1. The number of rotatable bonds is 4. The summed E-state index contributed by atoms with van der Waals surface area (Å²) >= 11 is 6.42. The van der Waals surface area contributed by atoms with E-state index in [-0.39, 0.29) is 18.0 Å². The van der Waals surface area contributed by atoms with Crippen LogP contribution in [0.1, 0.15) is 35.2 Å². The normalized spacial score (nSPS) is 17.1. The standard InChI is InChI=1S/C29H30ClN5O2/c30-28-31-25-19-23(35-14-6-10-22-9-4-5-11-26(22)35)12-13-24(25)27(32-28)33-15-17-34(18-16-33)29(36)37-20-21-7-2-1-3-8-21/h1-5,7-9,11,19H,6,10,12-18,20H2. The lowest BCUT2D eigenvalue weighted by molar-refractivity contribution is 0.0941. The second-order valence-electron chi connectivity index (χ2n) is 9.71. The molecule has 1 amide bonds. The van der Waals surface area contributed by atoms with Gasteiger partial charge in [-0.05, 0) is 60.6 Å². The van der Waals surface area contributed by atoms with E-state index in [1.54, 1.807) is 4.90 Å². The summed E-state index contributed by atoms with van der Waals surface area (Å²) in [7, 11) is 0. The van der Waals surface area contributed by atoms with E-state index in [9.17, 15) is 4.79 Å². The first-order chi connectivity index (χ1) is 18.2. The van der Waals surface area contributed by atoms with Gasteiger partial charge in [-0.2, -0.15) is 0 Å². The molecule has 0 radical (unpaired) electrons. The molecule has 0 saturated carbocycles. The second kappa shape index (κ2) is 10.4. The summed E-state index contributed by atoms with van der Waals surface area (Å²) in [6, 6.07) is 18.4. The Morgan fingerprint density at radius 3 is 2.51 bits per heavy atom. The largest absolute Gasteiger partial charge is 0.445 e. The minimum atomic E-state index is -0.277. The zero-order valence-electron chi connectivity index (χ0n) is 20.8. The monoisotopic (exact) mass is 515 g/mol. The van der Waals surface area contributed by atoms with Crippen molar-refractivity contribution < 1.29 is 9.53 Å². The summed E-state index contributed by atoms with van der Waals surface area (Å²) in [4.78, 5) is 28.3. The first-order valence-corrected chi connectivity index (χ1v) is 13.4. The fourth-order valence-corrected chi connectivity index (χ4v) is 5.69. The number of nitrogens with zero attached hydrogens (tertiary/aromatic N) is 5. The van der Waals surface area contributed by atoms with Crippen LogP contribution in [0.3, 0.4) is 0 Å². The Bertz CT molecular complexity index is 1320. The molecule has 190 valence electrons. The van der Waals surface area contributed by atoms with E-state index in [1.807, 2.05) is 30.3 Å². The van der Waals surface area contributed by atoms with E-state index in [2.05, 4.69) is 50.1 Å². The Balaban J connectivity index is 1.15. The van der Waals surface area contributed by atoms with Crippen molar-refractivity contribution in [3.8, 4) is 0 Å². The summed E-state index contributed by atoms with van der Waals surface area (Å²) in [5, 5.41) is 0.259. The smallest absolute Gasteiger partial charge is 0.410 e. The maximum atomic E-state index is 12.6. The number of hydrogen-bond acceptors (Lipinski definition) is 6. The second-order valence-corrected chi connectivity index (χ2v) is 10.1. The molecule has 0 atom stereocenters. The minimum Gasteiger partial charge on any atom is -0.445 e. The summed E-state index contributed by atoms with van der Waals surface area (Å²) < 4.78 is 5.52. The van der Waals surface area contributed by atoms with Crippen molar-refractivity contribution in [2.24, 2.45) is 0 Å². The van der Waals surface area contributed by atoms with Crippen molar-refractivity contribution >= 4 is 35.3 Å². The lowest BCUT2D eigenvalue weighted by atomic mass is 9.95. The van der Waals surface area contributed by atoms with E-state index in [4.69, 9.17) is 16.3 Å². The third kappa shape index (κ3) is 5.01. The van der Waals surface area contributed by atoms with Crippen LogP contribution in [-0.4, -0.2) is 53.7 Å². The number of ether oxygens (including phenoxy) is 1. The van der Waals surface area contributed by atoms with Crippen LogP contribution in [0.5, 0.6) is 0 Å². The molecule has 7 nitrogen and oxygen atoms in total. The number of aromatic nitrogens is 2. The van der Waals surface area contributed by atoms with Crippen molar-refractivity contribution in [3.63, 3.8) is 0 Å². The molecule has 6 rings (SSSR count). The summed E-state index contributed by atoms with van der Waals surface area (Å²) in [6.07, 6.45) is 5.99. The molecular weight excluding hydrogens is 486 g/mol. The van der Waals surface area contributed by atoms with Crippen molar-refractivity contribution in [3.05, 3.63) is 88.0 Å². The molecule has 1 aromatic heterocycles. The van der Waals surface area contributed by atoms with Crippen LogP contribution >= 0.6 is 11.6 Å². The van der Waals surface area contributed by atoms with Gasteiger partial charge in [-0.3, -0.25) is 0 Å². The molecule has 0 spiro atoms. The Hall–Kier alpha value is -3.58. The van der Waals surface area contributed by atoms with Crippen LogP contribution in [0.4, 0.5) is 16.3 Å². The first-order valence-electron chi connectivity index (χ1n) is 13.0. The molecule has 3 aliphatic rings. The van der Waals surface area contributed by atoms with Crippen LogP contribution in [-0.2, 0) is 24.2 Å². The molecule has 1 saturated heterocycles. The summed E-state index contributed by atoms with van der Waals surface area (Å²) in [5.74, 6) is 0.890. The van der Waals surface area contributed by atoms with Crippen LogP contribution in [0.15, 0.2) is 60.3 Å². The molecular formula is C29H30ClN5O2. The number of carbonyl (C=O) groups excluding carboxylic acids is 1. The maximum Gasteiger partial charge on any atom is 0.410 e. The van der Waals surface area contributed by atoms with Gasteiger partial charge in [-0.15, -0.1) is 0 Å². The Morgan fingerprint density at radius 2 is 1.68 bits per heavy atom. The van der Waals surface area contributed by atoms with E-state index >= 15 is 0 Å². The SMILES string of the molecule is O=C(OCc1ccccc1)N1CCN(c2nc(Cl)nc3c2CCC(N2CCCc4ccccc42)=C3)CC1. The van der Waals surface area contributed by atoms with Crippen LogP contribution in [0.25, 0.3) is 6.08 Å². The molecule has 0 N–H and O–H groups in total. The molecule has 1 fully saturated rings. The van der Waals surface area contributed by atoms with Gasteiger partial charge >= 0.3 is 6.09 Å². The van der Waals surface area contributed by atoms with E-state index in [0.29, 0.717) is 26.2 Å². The highest BCUT2D eigenvalue weighted by atomic mass is 35.5. The number of aryl methyl sites for hydroxylation is 1. The number of carbonyl (C=O) groups is 1. The average molecular weight is 516 g/mol. The predicted molar refractivity (Wildman–Crippen MR) is 146 cm³/mol. The molecule has 3 aromatic rings. The molecule has 37 heavy (non-hydrogen) atoms. The Kier molecular flexibility index (Phi) is 6.70. The fourth-order valence-electron chi connectivity index (χ4n) is 5.52. The zero-order valence-corrected chi connectivity index (χ0v) is 21.5. The van der Waals surface area contributed by atoms with Crippen molar-refractivity contribution in [2.75, 3.05) is 42.5 Å². The topological polar surface area (TPSA) is 61.8 Å². The van der Waals surface area contributed by atoms with E-state index in [1.165, 1.54) is 16.9 Å². The summed E-state index contributed by atoms with van der Waals surface area (Å²) in [5.41, 5.74) is 7.02. The van der Waals surface area contributed by atoms with Gasteiger partial charge in [0, 0.05) is 49.7 Å². The molecule has 8 heteroatoms. The highest BCUT2D eigenvalue weighted by Gasteiger charge is 2.29. The lowest BCUT2D eigenvalue weighted by Gasteiger charge is -2.37. The van der Waals surface area contributed by atoms with Gasteiger partial charge in [-0.1, -0.05) is 48.5 Å². The van der Waals surface area contributed by atoms with Gasteiger partial charge in [0.1, 0.15) is 12.4 Å². The number of hydrogen-bond donors (Lipinski definition) is 0. The molecule has 0 unspecified atom stereocenters. The number of piperazine rings is 1. The molecule has 2 aliphatic heterocycles. The van der Waals surface area contributed by atoms with Crippen molar-refractivity contribution in [1.82, 2.24) is 14.9 Å². The Morgan fingerprint density at radius 1 is 0.892 bits per heavy atom. The minimum absolute atomic E-state index is 0.259. The number of fused-ring (bicyclic) bond motifs is 2. The number of para-hydroxylation sites is 1. The van der Waals surface area contributed by atoms with Gasteiger partial charge in [0.25, 0.3) is 0 Å². The van der Waals surface area contributed by atoms with Gasteiger partial charge in [0.05, 0.1) is 5.69 Å². The average Bonchev–Trinajstić information content (AvgIpc) is 2.95. The quantitative estimate of drug-likeness (QED) is 0.438. The van der Waals surface area contributed by atoms with Gasteiger partial charge in [0.2, 0.25) is 5.28 Å². The van der Waals surface area contributed by atoms with Gasteiger partial charge in [-0.25, -0.2) is 14.8 Å². The van der Waals surface area contributed by atoms with Gasteiger partial charge in [0.15, 0.2) is 0 Å². The van der Waals surface area contributed by atoms with Crippen LogP contribution in [0.2, 0.25) is 5.28 Å². The lowest BCUT2D eigenvalue weighted by Crippen LogP contribution is -2.49. The van der Waals surface area contributed by atoms with Gasteiger partial charge < -0.3 is 19.4 Å². The predicted octanol–water partition coefficient (Wildman–Crippen LogP) is 5.33. The highest BCUT2D eigenvalue weighted by molar-refractivity contribution is 6.28. The molecule has 1 aliphatic carbocycles. The van der Waals surface area contributed by atoms with Crippen LogP contribution in [0, 0.1) is 0 Å². The van der Waals surface area contributed by atoms with Crippen LogP contribution < -0.4 is 9.80 Å².